The Morgan fingerprint density at radius 1 is 1.40 bits per heavy atom. The quantitative estimate of drug-likeness (QED) is 0.819. The van der Waals surface area contributed by atoms with Crippen LogP contribution in [0.3, 0.4) is 0 Å². The standard InChI is InChI=1S/C19H24N2O3S/c1-3-23-17-10-5-4-9-16(17)18(22)20-19-21(12-14(2)25-19)13-15-8-6-7-11-24-15/h4-5,9-10,12,15H,3,6-8,11,13H2,1-2H3. The number of hydrogen-bond donors (Lipinski definition) is 0. The lowest BCUT2D eigenvalue weighted by atomic mass is 10.1. The first kappa shape index (κ1) is 17.9. The zero-order valence-electron chi connectivity index (χ0n) is 14.7. The molecule has 25 heavy (non-hydrogen) atoms. The van der Waals surface area contributed by atoms with Gasteiger partial charge in [-0.05, 0) is 45.2 Å². The molecule has 1 aliphatic rings. The molecule has 0 saturated carbocycles. The topological polar surface area (TPSA) is 52.8 Å². The first-order valence-electron chi connectivity index (χ1n) is 8.76. The number of thiazole rings is 1. The molecule has 1 aliphatic heterocycles. The lowest BCUT2D eigenvalue weighted by Gasteiger charge is -2.22. The molecular formula is C19H24N2O3S. The molecule has 0 bridgehead atoms. The largest absolute Gasteiger partial charge is 0.493 e. The van der Waals surface area contributed by atoms with Crippen molar-refractivity contribution in [2.45, 2.75) is 45.8 Å². The normalized spacial score (nSPS) is 18.3. The van der Waals surface area contributed by atoms with Crippen molar-refractivity contribution in [2.24, 2.45) is 4.99 Å². The summed E-state index contributed by atoms with van der Waals surface area (Å²) >= 11 is 1.52. The van der Waals surface area contributed by atoms with Gasteiger partial charge < -0.3 is 14.0 Å². The molecule has 0 radical (unpaired) electrons. The maximum atomic E-state index is 12.7. The molecule has 1 aromatic heterocycles. The van der Waals surface area contributed by atoms with E-state index in [4.69, 9.17) is 9.47 Å². The minimum absolute atomic E-state index is 0.201. The molecular weight excluding hydrogens is 336 g/mol. The Morgan fingerprint density at radius 3 is 3.00 bits per heavy atom. The van der Waals surface area contributed by atoms with Crippen molar-refractivity contribution >= 4 is 17.2 Å². The molecule has 1 unspecified atom stereocenters. The SMILES string of the molecule is CCOc1ccccc1C(=O)N=c1sc(C)cn1CC1CCCCO1. The predicted molar refractivity (Wildman–Crippen MR) is 98.1 cm³/mol. The van der Waals surface area contributed by atoms with Gasteiger partial charge in [-0.25, -0.2) is 0 Å². The van der Waals surface area contributed by atoms with Crippen molar-refractivity contribution in [3.05, 3.63) is 45.7 Å². The molecule has 6 heteroatoms. The summed E-state index contributed by atoms with van der Waals surface area (Å²) < 4.78 is 13.4. The van der Waals surface area contributed by atoms with Gasteiger partial charge in [0.2, 0.25) is 0 Å². The fourth-order valence-corrected chi connectivity index (χ4v) is 3.81. The Bertz CT molecular complexity index is 788. The molecule has 134 valence electrons. The van der Waals surface area contributed by atoms with E-state index in [1.54, 1.807) is 12.1 Å². The lowest BCUT2D eigenvalue weighted by molar-refractivity contribution is 0.00554. The fourth-order valence-electron chi connectivity index (χ4n) is 2.96. The fraction of sp³-hybridized carbons (Fsp3) is 0.474. The number of ether oxygens (including phenoxy) is 2. The predicted octanol–water partition coefficient (Wildman–Crippen LogP) is 3.57. The van der Waals surface area contributed by atoms with Crippen molar-refractivity contribution in [1.29, 1.82) is 0 Å². The smallest absolute Gasteiger partial charge is 0.283 e. The summed E-state index contributed by atoms with van der Waals surface area (Å²) in [7, 11) is 0. The maximum absolute atomic E-state index is 12.7. The van der Waals surface area contributed by atoms with Crippen molar-refractivity contribution in [3.8, 4) is 5.75 Å². The van der Waals surface area contributed by atoms with Gasteiger partial charge in [-0.2, -0.15) is 4.99 Å². The highest BCUT2D eigenvalue weighted by Gasteiger charge is 2.16. The number of carbonyl (C=O) groups is 1. The number of carbonyl (C=O) groups excluding carboxylic acids is 1. The molecule has 3 rings (SSSR count). The Morgan fingerprint density at radius 2 is 2.24 bits per heavy atom. The van der Waals surface area contributed by atoms with E-state index in [1.807, 2.05) is 36.7 Å². The molecule has 1 amide bonds. The number of hydrogen-bond acceptors (Lipinski definition) is 4. The average Bonchev–Trinajstić information content (AvgIpc) is 2.95. The van der Waals surface area contributed by atoms with E-state index in [2.05, 4.69) is 4.99 Å². The molecule has 0 aliphatic carbocycles. The van der Waals surface area contributed by atoms with Crippen LogP contribution in [-0.4, -0.2) is 29.8 Å². The van der Waals surface area contributed by atoms with Gasteiger partial charge in [0, 0.05) is 17.7 Å². The van der Waals surface area contributed by atoms with Crippen LogP contribution in [-0.2, 0) is 11.3 Å². The van der Waals surface area contributed by atoms with Crippen LogP contribution in [0.25, 0.3) is 0 Å². The molecule has 0 spiro atoms. The maximum Gasteiger partial charge on any atom is 0.283 e. The van der Waals surface area contributed by atoms with Gasteiger partial charge in [-0.3, -0.25) is 4.79 Å². The van der Waals surface area contributed by atoms with Crippen LogP contribution in [0.1, 0.15) is 41.4 Å². The number of benzene rings is 1. The Labute approximate surface area is 151 Å². The molecule has 1 fully saturated rings. The van der Waals surface area contributed by atoms with Gasteiger partial charge in [-0.1, -0.05) is 12.1 Å². The van der Waals surface area contributed by atoms with Crippen molar-refractivity contribution in [1.82, 2.24) is 4.57 Å². The summed E-state index contributed by atoms with van der Waals surface area (Å²) in [5.74, 6) is 0.304. The van der Waals surface area contributed by atoms with Crippen LogP contribution in [0, 0.1) is 6.92 Å². The zero-order valence-corrected chi connectivity index (χ0v) is 15.6. The number of nitrogens with zero attached hydrogens (tertiary/aromatic N) is 2. The summed E-state index contributed by atoms with van der Waals surface area (Å²) in [5.41, 5.74) is 0.496. The molecule has 1 atom stereocenters. The van der Waals surface area contributed by atoms with Crippen LogP contribution in [0.15, 0.2) is 35.5 Å². The van der Waals surface area contributed by atoms with Crippen LogP contribution in [0.2, 0.25) is 0 Å². The number of para-hydroxylation sites is 1. The minimum Gasteiger partial charge on any atom is -0.493 e. The summed E-state index contributed by atoms with van der Waals surface area (Å²) in [6.45, 7) is 6.01. The van der Waals surface area contributed by atoms with E-state index in [-0.39, 0.29) is 12.0 Å². The van der Waals surface area contributed by atoms with Crippen molar-refractivity contribution < 1.29 is 14.3 Å². The number of aryl methyl sites for hydroxylation is 1. The van der Waals surface area contributed by atoms with Crippen molar-refractivity contribution in [2.75, 3.05) is 13.2 Å². The van der Waals surface area contributed by atoms with E-state index in [0.29, 0.717) is 22.7 Å². The van der Waals surface area contributed by atoms with Gasteiger partial charge >= 0.3 is 0 Å². The summed E-state index contributed by atoms with van der Waals surface area (Å²) in [5, 5.41) is 0. The third-order valence-corrected chi connectivity index (χ3v) is 5.06. The molecule has 1 saturated heterocycles. The second-order valence-electron chi connectivity index (χ2n) is 6.11. The van der Waals surface area contributed by atoms with E-state index in [9.17, 15) is 4.79 Å². The molecule has 1 aromatic carbocycles. The Kier molecular flexibility index (Phi) is 6.04. The minimum atomic E-state index is -0.274. The number of amides is 1. The molecule has 2 aromatic rings. The van der Waals surface area contributed by atoms with E-state index < -0.39 is 0 Å². The number of rotatable bonds is 5. The van der Waals surface area contributed by atoms with Crippen LogP contribution in [0.5, 0.6) is 5.75 Å². The highest BCUT2D eigenvalue weighted by molar-refractivity contribution is 7.09. The van der Waals surface area contributed by atoms with Gasteiger partial charge in [0.15, 0.2) is 4.80 Å². The van der Waals surface area contributed by atoms with Gasteiger partial charge in [0.05, 0.1) is 24.8 Å². The summed E-state index contributed by atoms with van der Waals surface area (Å²) in [6, 6.07) is 7.24. The number of aromatic nitrogens is 1. The van der Waals surface area contributed by atoms with Gasteiger partial charge in [-0.15, -0.1) is 11.3 Å². The van der Waals surface area contributed by atoms with E-state index >= 15 is 0 Å². The van der Waals surface area contributed by atoms with Gasteiger partial charge in [0.25, 0.3) is 5.91 Å². The van der Waals surface area contributed by atoms with Gasteiger partial charge in [0.1, 0.15) is 5.75 Å². The third kappa shape index (κ3) is 4.58. The summed E-state index contributed by atoms with van der Waals surface area (Å²) in [4.78, 5) is 18.9. The lowest BCUT2D eigenvalue weighted by Crippen LogP contribution is -2.28. The highest BCUT2D eigenvalue weighted by Crippen LogP contribution is 2.19. The summed E-state index contributed by atoms with van der Waals surface area (Å²) in [6.07, 6.45) is 5.63. The monoisotopic (exact) mass is 360 g/mol. The molecule has 2 heterocycles. The molecule has 5 nitrogen and oxygen atoms in total. The van der Waals surface area contributed by atoms with Crippen LogP contribution < -0.4 is 9.54 Å². The first-order chi connectivity index (χ1) is 12.2. The Hall–Kier alpha value is -1.92. The van der Waals surface area contributed by atoms with Crippen LogP contribution >= 0.6 is 11.3 Å². The average molecular weight is 360 g/mol. The van der Waals surface area contributed by atoms with E-state index in [1.165, 1.54) is 17.8 Å². The second-order valence-corrected chi connectivity index (χ2v) is 7.32. The highest BCUT2D eigenvalue weighted by atomic mass is 32.1. The molecule has 0 N–H and O–H groups in total. The van der Waals surface area contributed by atoms with Crippen LogP contribution in [0.4, 0.5) is 0 Å². The first-order valence-corrected chi connectivity index (χ1v) is 9.58. The van der Waals surface area contributed by atoms with Crippen molar-refractivity contribution in [3.63, 3.8) is 0 Å². The van der Waals surface area contributed by atoms with E-state index in [0.717, 1.165) is 30.9 Å². The zero-order chi connectivity index (χ0) is 17.6. The third-order valence-electron chi connectivity index (χ3n) is 4.12. The second kappa shape index (κ2) is 8.45. The Balaban J connectivity index is 1.87.